The number of rotatable bonds is 9. The van der Waals surface area contributed by atoms with Crippen molar-refractivity contribution in [1.82, 2.24) is 0 Å². The van der Waals surface area contributed by atoms with Crippen LogP contribution in [-0.2, 0) is 4.79 Å². The van der Waals surface area contributed by atoms with Crippen molar-refractivity contribution < 1.29 is 19.1 Å². The molecule has 8 heteroatoms. The van der Waals surface area contributed by atoms with E-state index in [1.54, 1.807) is 24.3 Å². The van der Waals surface area contributed by atoms with Crippen molar-refractivity contribution >= 4 is 46.4 Å². The van der Waals surface area contributed by atoms with Gasteiger partial charge in [0.25, 0.3) is 5.91 Å². The summed E-state index contributed by atoms with van der Waals surface area (Å²) < 4.78 is 11.3. The first-order chi connectivity index (χ1) is 13.8. The van der Waals surface area contributed by atoms with E-state index < -0.39 is 5.91 Å². The number of benzene rings is 2. The standard InChI is InChI=1S/C21H24Cl2N2O4/c1-4-6-9-29-20-17(23)10-14(11-19(20)28-5-2)21(27)25-18-12-15(24-13(3)26)7-8-16(18)22/h7-8,10-12H,4-6,9H2,1-3H3,(H,24,26)(H,25,27). The molecule has 0 aliphatic rings. The molecule has 0 spiro atoms. The van der Waals surface area contributed by atoms with Crippen LogP contribution in [-0.4, -0.2) is 25.0 Å². The molecular formula is C21H24Cl2N2O4. The number of hydrogen-bond donors (Lipinski definition) is 2. The molecule has 0 saturated carbocycles. The maximum Gasteiger partial charge on any atom is 0.255 e. The molecular weight excluding hydrogens is 415 g/mol. The van der Waals surface area contributed by atoms with Crippen LogP contribution in [0.4, 0.5) is 11.4 Å². The smallest absolute Gasteiger partial charge is 0.255 e. The Morgan fingerprint density at radius 3 is 2.41 bits per heavy atom. The van der Waals surface area contributed by atoms with Gasteiger partial charge in [0.15, 0.2) is 11.5 Å². The van der Waals surface area contributed by atoms with Crippen LogP contribution in [0.1, 0.15) is 44.0 Å². The third-order valence-corrected chi connectivity index (χ3v) is 4.46. The molecule has 2 N–H and O–H groups in total. The van der Waals surface area contributed by atoms with E-state index in [-0.39, 0.29) is 10.9 Å². The van der Waals surface area contributed by atoms with Crippen molar-refractivity contribution in [2.24, 2.45) is 0 Å². The van der Waals surface area contributed by atoms with Crippen LogP contribution in [0.2, 0.25) is 10.0 Å². The lowest BCUT2D eigenvalue weighted by atomic mass is 10.1. The summed E-state index contributed by atoms with van der Waals surface area (Å²) in [5, 5.41) is 6.00. The van der Waals surface area contributed by atoms with Gasteiger partial charge in [-0.25, -0.2) is 0 Å². The van der Waals surface area contributed by atoms with Gasteiger partial charge in [-0.05, 0) is 43.7 Å². The van der Waals surface area contributed by atoms with Gasteiger partial charge in [0.05, 0.1) is 28.9 Å². The molecule has 0 heterocycles. The minimum absolute atomic E-state index is 0.226. The van der Waals surface area contributed by atoms with Gasteiger partial charge in [-0.15, -0.1) is 0 Å². The Bertz CT molecular complexity index is 887. The van der Waals surface area contributed by atoms with Gasteiger partial charge in [0.2, 0.25) is 5.91 Å². The van der Waals surface area contributed by atoms with Crippen molar-refractivity contribution in [2.75, 3.05) is 23.8 Å². The van der Waals surface area contributed by atoms with Gasteiger partial charge in [-0.3, -0.25) is 9.59 Å². The molecule has 156 valence electrons. The minimum Gasteiger partial charge on any atom is -0.490 e. The van der Waals surface area contributed by atoms with Crippen molar-refractivity contribution in [3.05, 3.63) is 45.9 Å². The lowest BCUT2D eigenvalue weighted by Crippen LogP contribution is -2.14. The van der Waals surface area contributed by atoms with E-state index in [1.165, 1.54) is 13.0 Å². The lowest BCUT2D eigenvalue weighted by molar-refractivity contribution is -0.114. The van der Waals surface area contributed by atoms with Crippen LogP contribution < -0.4 is 20.1 Å². The first kappa shape index (κ1) is 22.8. The molecule has 0 aromatic heterocycles. The summed E-state index contributed by atoms with van der Waals surface area (Å²) >= 11 is 12.5. The van der Waals surface area contributed by atoms with E-state index in [2.05, 4.69) is 17.6 Å². The second kappa shape index (κ2) is 10.9. The number of anilines is 2. The van der Waals surface area contributed by atoms with Crippen molar-refractivity contribution in [2.45, 2.75) is 33.6 Å². The molecule has 0 aliphatic heterocycles. The molecule has 29 heavy (non-hydrogen) atoms. The second-order valence-electron chi connectivity index (χ2n) is 6.25. The quantitative estimate of drug-likeness (QED) is 0.486. The van der Waals surface area contributed by atoms with Gasteiger partial charge in [-0.2, -0.15) is 0 Å². The monoisotopic (exact) mass is 438 g/mol. The van der Waals surface area contributed by atoms with Gasteiger partial charge < -0.3 is 20.1 Å². The average Bonchev–Trinajstić information content (AvgIpc) is 2.66. The SMILES string of the molecule is CCCCOc1c(Cl)cc(C(=O)Nc2cc(NC(C)=O)ccc2Cl)cc1OCC. The van der Waals surface area contributed by atoms with Gasteiger partial charge >= 0.3 is 0 Å². The third-order valence-electron chi connectivity index (χ3n) is 3.85. The third kappa shape index (κ3) is 6.54. The number of nitrogens with one attached hydrogen (secondary N) is 2. The van der Waals surface area contributed by atoms with E-state index in [0.717, 1.165) is 12.8 Å². The number of hydrogen-bond acceptors (Lipinski definition) is 4. The maximum absolute atomic E-state index is 12.8. The van der Waals surface area contributed by atoms with Crippen LogP contribution in [0, 0.1) is 0 Å². The Morgan fingerprint density at radius 1 is 1.00 bits per heavy atom. The number of carbonyl (C=O) groups is 2. The Kier molecular flexibility index (Phi) is 8.61. The van der Waals surface area contributed by atoms with Crippen LogP contribution in [0.5, 0.6) is 11.5 Å². The maximum atomic E-state index is 12.8. The summed E-state index contributed by atoms with van der Waals surface area (Å²) in [5.74, 6) is 0.176. The Hall–Kier alpha value is -2.44. The molecule has 2 amide bonds. The zero-order chi connectivity index (χ0) is 21.4. The fraction of sp³-hybridized carbons (Fsp3) is 0.333. The number of ether oxygens (including phenoxy) is 2. The number of halogens is 2. The Morgan fingerprint density at radius 2 is 1.76 bits per heavy atom. The van der Waals surface area contributed by atoms with E-state index in [4.69, 9.17) is 32.7 Å². The second-order valence-corrected chi connectivity index (χ2v) is 7.06. The first-order valence-electron chi connectivity index (χ1n) is 9.33. The molecule has 2 rings (SSSR count). The average molecular weight is 439 g/mol. The molecule has 0 aliphatic carbocycles. The zero-order valence-electron chi connectivity index (χ0n) is 16.6. The normalized spacial score (nSPS) is 10.4. The highest BCUT2D eigenvalue weighted by Gasteiger charge is 2.17. The van der Waals surface area contributed by atoms with Gasteiger partial charge in [-0.1, -0.05) is 36.5 Å². The molecule has 6 nitrogen and oxygen atoms in total. The Balaban J connectivity index is 2.27. The molecule has 2 aromatic carbocycles. The van der Waals surface area contributed by atoms with E-state index in [1.807, 2.05) is 6.92 Å². The lowest BCUT2D eigenvalue weighted by Gasteiger charge is -2.15. The highest BCUT2D eigenvalue weighted by Crippen LogP contribution is 2.37. The summed E-state index contributed by atoms with van der Waals surface area (Å²) in [5.41, 5.74) is 1.17. The van der Waals surface area contributed by atoms with Crippen LogP contribution in [0.25, 0.3) is 0 Å². The molecule has 0 saturated heterocycles. The summed E-state index contributed by atoms with van der Waals surface area (Å²) in [6, 6.07) is 7.91. The van der Waals surface area contributed by atoms with Gasteiger partial charge in [0.1, 0.15) is 0 Å². The largest absolute Gasteiger partial charge is 0.490 e. The van der Waals surface area contributed by atoms with Crippen molar-refractivity contribution in [3.8, 4) is 11.5 Å². The number of carbonyl (C=O) groups excluding carboxylic acids is 2. The highest BCUT2D eigenvalue weighted by atomic mass is 35.5. The summed E-state index contributed by atoms with van der Waals surface area (Å²) in [7, 11) is 0. The molecule has 0 atom stereocenters. The van der Waals surface area contributed by atoms with E-state index in [0.29, 0.717) is 46.7 Å². The molecule has 0 bridgehead atoms. The molecule has 0 fully saturated rings. The summed E-state index contributed by atoms with van der Waals surface area (Å²) in [6.45, 7) is 6.20. The molecule has 2 aromatic rings. The fourth-order valence-corrected chi connectivity index (χ4v) is 2.95. The van der Waals surface area contributed by atoms with E-state index >= 15 is 0 Å². The molecule has 0 unspecified atom stereocenters. The predicted molar refractivity (Wildman–Crippen MR) is 117 cm³/mol. The van der Waals surface area contributed by atoms with Crippen molar-refractivity contribution in [3.63, 3.8) is 0 Å². The predicted octanol–water partition coefficient (Wildman–Crippen LogP) is 5.78. The number of unbranched alkanes of at least 4 members (excludes halogenated alkanes) is 1. The van der Waals surface area contributed by atoms with Crippen molar-refractivity contribution in [1.29, 1.82) is 0 Å². The van der Waals surface area contributed by atoms with E-state index in [9.17, 15) is 9.59 Å². The van der Waals surface area contributed by atoms with Gasteiger partial charge in [0, 0.05) is 18.2 Å². The van der Waals surface area contributed by atoms with Crippen LogP contribution in [0.15, 0.2) is 30.3 Å². The van der Waals surface area contributed by atoms with Crippen LogP contribution in [0.3, 0.4) is 0 Å². The summed E-state index contributed by atoms with van der Waals surface area (Å²) in [4.78, 5) is 24.0. The fourth-order valence-electron chi connectivity index (χ4n) is 2.52. The summed E-state index contributed by atoms with van der Waals surface area (Å²) in [6.07, 6.45) is 1.87. The first-order valence-corrected chi connectivity index (χ1v) is 10.1. The topological polar surface area (TPSA) is 76.7 Å². The Labute approximate surface area is 180 Å². The molecule has 0 radical (unpaired) electrons. The number of amides is 2. The minimum atomic E-state index is -0.421. The highest BCUT2D eigenvalue weighted by molar-refractivity contribution is 6.34. The zero-order valence-corrected chi connectivity index (χ0v) is 18.1. The van der Waals surface area contributed by atoms with Crippen LogP contribution >= 0.6 is 23.2 Å².